The summed E-state index contributed by atoms with van der Waals surface area (Å²) in [6, 6.07) is 8.21. The van der Waals surface area contributed by atoms with E-state index >= 15 is 0 Å². The van der Waals surface area contributed by atoms with Gasteiger partial charge in [0.2, 0.25) is 5.91 Å². The average molecular weight is 617 g/mol. The maximum atomic E-state index is 11.5. The molecule has 3 saturated carbocycles. The summed E-state index contributed by atoms with van der Waals surface area (Å²) in [6.45, 7) is 2.06. The van der Waals surface area contributed by atoms with E-state index in [1.807, 2.05) is 12.1 Å². The number of nitrogens with zero attached hydrogens (tertiary/aromatic N) is 4. The van der Waals surface area contributed by atoms with Gasteiger partial charge in [-0.25, -0.2) is 0 Å². The lowest BCUT2D eigenvalue weighted by Gasteiger charge is -2.59. The summed E-state index contributed by atoms with van der Waals surface area (Å²) in [5, 5.41) is 6.31. The molecule has 4 heterocycles. The van der Waals surface area contributed by atoms with Gasteiger partial charge in [-0.15, -0.1) is 0 Å². The molecule has 0 bridgehead atoms. The molecule has 2 N–H and O–H groups in total. The number of aromatic nitrogens is 3. The Morgan fingerprint density at radius 2 is 1.88 bits per heavy atom. The third kappa shape index (κ3) is 5.14. The number of amides is 1. The highest BCUT2D eigenvalue weighted by Crippen LogP contribution is 2.54. The van der Waals surface area contributed by atoms with E-state index in [1.165, 1.54) is 5.69 Å². The number of anilines is 1. The Kier molecular flexibility index (Phi) is 6.42. The van der Waals surface area contributed by atoms with E-state index in [9.17, 15) is 4.79 Å². The predicted molar refractivity (Wildman–Crippen MR) is 166 cm³/mol. The van der Waals surface area contributed by atoms with E-state index in [4.69, 9.17) is 38.2 Å². The molecule has 8 nitrogen and oxygen atoms in total. The summed E-state index contributed by atoms with van der Waals surface area (Å²) in [6.07, 6.45) is 14.7. The van der Waals surface area contributed by atoms with Crippen LogP contribution in [0.25, 0.3) is 28.2 Å². The molecule has 10 heteroatoms. The van der Waals surface area contributed by atoms with Crippen molar-refractivity contribution in [3.8, 4) is 17.0 Å². The summed E-state index contributed by atoms with van der Waals surface area (Å²) in [7, 11) is 0. The number of pyridine rings is 2. The number of primary amides is 1. The van der Waals surface area contributed by atoms with Crippen LogP contribution >= 0.6 is 23.2 Å². The molecule has 1 amide bonds. The van der Waals surface area contributed by atoms with E-state index in [0.29, 0.717) is 44.2 Å². The van der Waals surface area contributed by atoms with Gasteiger partial charge in [0.1, 0.15) is 17.2 Å². The number of benzene rings is 1. The number of allylic oxidation sites excluding steroid dienone is 1. The quantitative estimate of drug-likeness (QED) is 0.217. The highest BCUT2D eigenvalue weighted by Gasteiger charge is 2.51. The monoisotopic (exact) mass is 615 g/mol. The predicted octanol–water partition coefficient (Wildman–Crippen LogP) is 6.97. The van der Waals surface area contributed by atoms with Gasteiger partial charge in [0.15, 0.2) is 0 Å². The van der Waals surface area contributed by atoms with Crippen molar-refractivity contribution in [1.29, 1.82) is 0 Å². The molecule has 0 radical (unpaired) electrons. The molecular formula is C33H31Cl2N5O3. The molecule has 4 aliphatic rings. The lowest BCUT2D eigenvalue weighted by atomic mass is 9.57. The van der Waals surface area contributed by atoms with Crippen molar-refractivity contribution in [3.05, 3.63) is 69.8 Å². The number of carbonyl (C=O) groups excluding carboxylic acids is 1. The molecular weight excluding hydrogens is 585 g/mol. The van der Waals surface area contributed by atoms with Crippen LogP contribution in [0.1, 0.15) is 61.5 Å². The van der Waals surface area contributed by atoms with Crippen LogP contribution in [0.15, 0.2) is 47.3 Å². The van der Waals surface area contributed by atoms with Crippen molar-refractivity contribution in [2.45, 2.75) is 57.0 Å². The van der Waals surface area contributed by atoms with E-state index < -0.39 is 5.91 Å². The number of halogens is 2. The first-order chi connectivity index (χ1) is 20.8. The van der Waals surface area contributed by atoms with E-state index in [2.05, 4.69) is 44.3 Å². The normalized spacial score (nSPS) is 19.6. The Bertz CT molecular complexity index is 1760. The number of carbonyl (C=O) groups is 1. The van der Waals surface area contributed by atoms with Gasteiger partial charge in [0.25, 0.3) is 0 Å². The van der Waals surface area contributed by atoms with Crippen LogP contribution < -0.4 is 15.4 Å². The molecule has 43 heavy (non-hydrogen) atoms. The van der Waals surface area contributed by atoms with E-state index in [-0.39, 0.29) is 12.5 Å². The van der Waals surface area contributed by atoms with Crippen LogP contribution in [0, 0.1) is 11.3 Å². The van der Waals surface area contributed by atoms with E-state index in [0.717, 1.165) is 79.6 Å². The van der Waals surface area contributed by atoms with Gasteiger partial charge in [-0.3, -0.25) is 14.8 Å². The second-order valence-corrected chi connectivity index (χ2v) is 13.5. The molecule has 1 aromatic carbocycles. The smallest absolute Gasteiger partial charge is 0.223 e. The molecule has 1 spiro atoms. The number of nitrogens with two attached hydrogens (primary N) is 1. The van der Waals surface area contributed by atoms with Gasteiger partial charge in [0, 0.05) is 65.1 Å². The zero-order valence-electron chi connectivity index (χ0n) is 23.6. The maximum Gasteiger partial charge on any atom is 0.223 e. The summed E-state index contributed by atoms with van der Waals surface area (Å²) >= 11 is 13.0. The van der Waals surface area contributed by atoms with Gasteiger partial charge >= 0.3 is 0 Å². The zero-order valence-corrected chi connectivity index (χ0v) is 25.1. The van der Waals surface area contributed by atoms with Crippen molar-refractivity contribution in [3.63, 3.8) is 0 Å². The number of ether oxygens (including phenoxy) is 1. The first kappa shape index (κ1) is 27.0. The minimum absolute atomic E-state index is 0.106. The third-order valence-corrected chi connectivity index (χ3v) is 9.69. The van der Waals surface area contributed by atoms with Crippen LogP contribution in [-0.4, -0.2) is 40.2 Å². The molecule has 8 rings (SSSR count). The first-order valence-corrected chi connectivity index (χ1v) is 15.7. The Balaban J connectivity index is 0.966. The first-order valence-electron chi connectivity index (χ1n) is 14.9. The van der Waals surface area contributed by atoms with Gasteiger partial charge in [-0.05, 0) is 62.6 Å². The Labute approximate surface area is 259 Å². The SMILES string of the molecule is NC(=O)Cc1cc(OC2CC2)c2cc(N3CC4(CC(/C=C/c5c(-c6c(Cl)cncc6Cl)noc5C5CC5)C4)C3)ccc2n1. The molecule has 3 aromatic heterocycles. The minimum atomic E-state index is -0.395. The number of rotatable bonds is 9. The molecule has 220 valence electrons. The molecule has 0 atom stereocenters. The summed E-state index contributed by atoms with van der Waals surface area (Å²) in [5.41, 5.74) is 10.8. The second kappa shape index (κ2) is 10.2. The van der Waals surface area contributed by atoms with Crippen molar-refractivity contribution >= 4 is 51.8 Å². The fourth-order valence-corrected chi connectivity index (χ4v) is 7.26. The molecule has 4 aromatic rings. The highest BCUT2D eigenvalue weighted by molar-refractivity contribution is 6.39. The lowest BCUT2D eigenvalue weighted by molar-refractivity contribution is -0.117. The van der Waals surface area contributed by atoms with E-state index in [1.54, 1.807) is 12.4 Å². The lowest BCUT2D eigenvalue weighted by Crippen LogP contribution is -2.62. The Morgan fingerprint density at radius 1 is 1.12 bits per heavy atom. The fraction of sp³-hybridized carbons (Fsp3) is 0.394. The standard InChI is InChI=1S/C33H31Cl2N5O3/c34-25-14-37-15-26(35)30(25)31-23(32(43-39-31)19-2-3-19)7-1-18-12-33(13-18)16-40(17-33)21-4-8-27-24(11-21)28(42-22-5-6-22)9-20(38-27)10-29(36)41/h1,4,7-9,11,14-15,18-19,22H,2-3,5-6,10,12-13,16-17H2,(H2,36,41)/b7-1+. The van der Waals surface area contributed by atoms with Crippen molar-refractivity contribution in [2.24, 2.45) is 17.1 Å². The average Bonchev–Trinajstić information content (AvgIpc) is 3.86. The summed E-state index contributed by atoms with van der Waals surface area (Å²) in [4.78, 5) is 22.7. The van der Waals surface area contributed by atoms with Gasteiger partial charge in [-0.2, -0.15) is 0 Å². The van der Waals surface area contributed by atoms with Crippen molar-refractivity contribution in [2.75, 3.05) is 18.0 Å². The van der Waals surface area contributed by atoms with Crippen LogP contribution in [0.2, 0.25) is 10.0 Å². The largest absolute Gasteiger partial charge is 0.490 e. The summed E-state index contributed by atoms with van der Waals surface area (Å²) in [5.74, 6) is 2.24. The second-order valence-electron chi connectivity index (χ2n) is 12.7. The topological polar surface area (TPSA) is 107 Å². The van der Waals surface area contributed by atoms with Crippen LogP contribution in [0.5, 0.6) is 5.75 Å². The fourth-order valence-electron chi connectivity index (χ4n) is 6.72. The summed E-state index contributed by atoms with van der Waals surface area (Å²) < 4.78 is 12.0. The van der Waals surface area contributed by atoms with Gasteiger partial charge in [-0.1, -0.05) is 40.5 Å². The Morgan fingerprint density at radius 3 is 2.58 bits per heavy atom. The molecule has 3 aliphatic carbocycles. The molecule has 0 unspecified atom stereocenters. The molecule has 1 saturated heterocycles. The number of hydrogen-bond acceptors (Lipinski definition) is 7. The van der Waals surface area contributed by atoms with Gasteiger partial charge < -0.3 is 19.9 Å². The molecule has 1 aliphatic heterocycles. The Hall–Kier alpha value is -3.62. The maximum absolute atomic E-state index is 11.5. The van der Waals surface area contributed by atoms with Crippen molar-refractivity contribution in [1.82, 2.24) is 15.1 Å². The number of fused-ring (bicyclic) bond motifs is 1. The molecule has 4 fully saturated rings. The number of hydrogen-bond donors (Lipinski definition) is 1. The third-order valence-electron chi connectivity index (χ3n) is 9.12. The van der Waals surface area contributed by atoms with Gasteiger partial charge in [0.05, 0.1) is 33.8 Å². The highest BCUT2D eigenvalue weighted by atomic mass is 35.5. The minimum Gasteiger partial charge on any atom is -0.490 e. The zero-order chi connectivity index (χ0) is 29.3. The van der Waals surface area contributed by atoms with Crippen molar-refractivity contribution < 1.29 is 14.1 Å². The van der Waals surface area contributed by atoms with Crippen LogP contribution in [-0.2, 0) is 11.2 Å². The van der Waals surface area contributed by atoms with Crippen LogP contribution in [0.3, 0.4) is 0 Å². The van der Waals surface area contributed by atoms with Crippen LogP contribution in [0.4, 0.5) is 5.69 Å².